The number of hydrogen-bond donors (Lipinski definition) is 1. The molecule has 2 atom stereocenters. The molecule has 0 spiro atoms. The van der Waals surface area contributed by atoms with Gasteiger partial charge in [-0.3, -0.25) is 0 Å². The summed E-state index contributed by atoms with van der Waals surface area (Å²) in [6, 6.07) is 23.7. The molecule has 0 saturated carbocycles. The third-order valence-corrected chi connectivity index (χ3v) is 6.42. The summed E-state index contributed by atoms with van der Waals surface area (Å²) in [7, 11) is -3.92. The minimum absolute atomic E-state index is 0.0933. The third kappa shape index (κ3) is 6.37. The maximum absolute atomic E-state index is 13.1. The molecule has 0 fully saturated rings. The maximum atomic E-state index is 13.1. The molecule has 0 unspecified atom stereocenters. The molecule has 162 valence electrons. The van der Waals surface area contributed by atoms with E-state index in [1.807, 2.05) is 37.3 Å². The van der Waals surface area contributed by atoms with Crippen molar-refractivity contribution in [2.45, 2.75) is 36.8 Å². The molecule has 3 rings (SSSR count). The van der Waals surface area contributed by atoms with Crippen LogP contribution in [0.25, 0.3) is 0 Å². The van der Waals surface area contributed by atoms with Crippen LogP contribution in [0.5, 0.6) is 0 Å². The van der Waals surface area contributed by atoms with E-state index in [1.165, 1.54) is 12.1 Å². The molecule has 0 aromatic heterocycles. The fourth-order valence-electron chi connectivity index (χ4n) is 3.33. The second kappa shape index (κ2) is 10.2. The third-order valence-electron chi connectivity index (χ3n) is 4.92. The smallest absolute Gasteiger partial charge is 0.295 e. The van der Waals surface area contributed by atoms with Crippen molar-refractivity contribution in [1.82, 2.24) is 4.72 Å². The van der Waals surface area contributed by atoms with E-state index in [1.54, 1.807) is 42.5 Å². The van der Waals surface area contributed by atoms with Crippen LogP contribution in [0.4, 0.5) is 0 Å². The van der Waals surface area contributed by atoms with Crippen molar-refractivity contribution < 1.29 is 18.3 Å². The molecule has 0 saturated heterocycles. The van der Waals surface area contributed by atoms with E-state index in [2.05, 4.69) is 4.72 Å². The van der Waals surface area contributed by atoms with Gasteiger partial charge in [-0.15, -0.1) is 10.1 Å². The Morgan fingerprint density at radius 1 is 0.935 bits per heavy atom. The van der Waals surface area contributed by atoms with Crippen molar-refractivity contribution in [3.05, 3.63) is 112 Å². The van der Waals surface area contributed by atoms with E-state index in [0.717, 1.165) is 11.1 Å². The van der Waals surface area contributed by atoms with Gasteiger partial charge in [0.15, 0.2) is 0 Å². The summed E-state index contributed by atoms with van der Waals surface area (Å²) >= 11 is 0. The maximum Gasteiger partial charge on any atom is 0.295 e. The van der Waals surface area contributed by atoms with Crippen LogP contribution in [0.1, 0.15) is 29.2 Å². The Morgan fingerprint density at radius 2 is 1.52 bits per heavy atom. The van der Waals surface area contributed by atoms with Crippen LogP contribution in [-0.4, -0.2) is 19.5 Å². The van der Waals surface area contributed by atoms with Gasteiger partial charge < -0.3 is 4.84 Å². The summed E-state index contributed by atoms with van der Waals surface area (Å²) in [6.45, 7) is 1.86. The van der Waals surface area contributed by atoms with Crippen LogP contribution < -0.4 is 4.72 Å². The molecule has 0 aliphatic carbocycles. The zero-order chi connectivity index (χ0) is 22.3. The number of sulfonamides is 1. The normalized spacial score (nSPS) is 13.3. The zero-order valence-corrected chi connectivity index (χ0v) is 17.9. The van der Waals surface area contributed by atoms with E-state index < -0.39 is 27.3 Å². The molecular formula is C23H24N2O5S. The van der Waals surface area contributed by atoms with Crippen molar-refractivity contribution in [3.8, 4) is 0 Å². The van der Waals surface area contributed by atoms with Gasteiger partial charge in [0.2, 0.25) is 10.0 Å². The molecule has 3 aromatic carbocycles. The standard InChI is InChI=1S/C23H24N2O5S/c1-18-12-15-21(16-13-18)31(28,29)24-22(17-14-19-8-4-2-5-9-19)23(30-25(26)27)20-10-6-3-7-11-20/h2-13,15-16,22-24H,14,17H2,1H3/t22-,23+/m0/s1. The highest BCUT2D eigenvalue weighted by Crippen LogP contribution is 2.26. The summed E-state index contributed by atoms with van der Waals surface area (Å²) in [6.07, 6.45) is -0.269. The van der Waals surface area contributed by atoms with E-state index in [9.17, 15) is 18.5 Å². The molecule has 0 aliphatic heterocycles. The van der Waals surface area contributed by atoms with Gasteiger partial charge in [0.1, 0.15) is 6.10 Å². The molecule has 0 amide bonds. The molecule has 0 aliphatic rings. The number of rotatable bonds is 10. The first-order chi connectivity index (χ1) is 14.8. The average molecular weight is 441 g/mol. The molecule has 8 heteroatoms. The van der Waals surface area contributed by atoms with Gasteiger partial charge in [-0.25, -0.2) is 13.1 Å². The minimum Gasteiger partial charge on any atom is -0.304 e. The number of benzene rings is 3. The highest BCUT2D eigenvalue weighted by Gasteiger charge is 2.31. The van der Waals surface area contributed by atoms with Crippen molar-refractivity contribution in [2.24, 2.45) is 0 Å². The van der Waals surface area contributed by atoms with Gasteiger partial charge in [-0.1, -0.05) is 78.4 Å². The van der Waals surface area contributed by atoms with Crippen molar-refractivity contribution in [1.29, 1.82) is 0 Å². The fraction of sp³-hybridized carbons (Fsp3) is 0.217. The molecule has 31 heavy (non-hydrogen) atoms. The summed E-state index contributed by atoms with van der Waals surface area (Å²) in [5.41, 5.74) is 2.44. The summed E-state index contributed by atoms with van der Waals surface area (Å²) in [4.78, 5) is 16.3. The number of hydrogen-bond acceptors (Lipinski definition) is 5. The molecule has 1 N–H and O–H groups in total. The first-order valence-electron chi connectivity index (χ1n) is 9.84. The van der Waals surface area contributed by atoms with Crippen LogP contribution >= 0.6 is 0 Å². The average Bonchev–Trinajstić information content (AvgIpc) is 2.76. The predicted octanol–water partition coefficient (Wildman–Crippen LogP) is 4.22. The van der Waals surface area contributed by atoms with Crippen LogP contribution in [0.3, 0.4) is 0 Å². The van der Waals surface area contributed by atoms with Crippen molar-refractivity contribution in [2.75, 3.05) is 0 Å². The van der Waals surface area contributed by atoms with E-state index in [-0.39, 0.29) is 4.90 Å². The van der Waals surface area contributed by atoms with Crippen LogP contribution in [0, 0.1) is 17.0 Å². The van der Waals surface area contributed by atoms with E-state index in [4.69, 9.17) is 4.84 Å². The molecule has 0 heterocycles. The lowest BCUT2D eigenvalue weighted by molar-refractivity contribution is -0.771. The Morgan fingerprint density at radius 3 is 2.10 bits per heavy atom. The lowest BCUT2D eigenvalue weighted by Gasteiger charge is -2.27. The first kappa shape index (κ1) is 22.5. The van der Waals surface area contributed by atoms with Gasteiger partial charge in [-0.05, 0) is 43.0 Å². The Hall–Kier alpha value is -3.23. The molecule has 0 radical (unpaired) electrons. The van der Waals surface area contributed by atoms with Gasteiger partial charge in [0.05, 0.1) is 10.9 Å². The van der Waals surface area contributed by atoms with E-state index in [0.29, 0.717) is 18.4 Å². The Balaban J connectivity index is 1.93. The lowest BCUT2D eigenvalue weighted by atomic mass is 9.97. The monoisotopic (exact) mass is 440 g/mol. The number of nitrogens with one attached hydrogen (secondary N) is 1. The first-order valence-corrected chi connectivity index (χ1v) is 11.3. The Labute approximate surface area is 181 Å². The lowest BCUT2D eigenvalue weighted by Crippen LogP contribution is -2.41. The highest BCUT2D eigenvalue weighted by atomic mass is 32.2. The quantitative estimate of drug-likeness (QED) is 0.376. The van der Waals surface area contributed by atoms with Gasteiger partial charge in [0, 0.05) is 0 Å². The molecule has 0 bridgehead atoms. The predicted molar refractivity (Wildman–Crippen MR) is 117 cm³/mol. The highest BCUT2D eigenvalue weighted by molar-refractivity contribution is 7.89. The van der Waals surface area contributed by atoms with Gasteiger partial charge >= 0.3 is 0 Å². The molecular weight excluding hydrogens is 416 g/mol. The van der Waals surface area contributed by atoms with Gasteiger partial charge in [0.25, 0.3) is 5.09 Å². The fourth-order valence-corrected chi connectivity index (χ4v) is 4.60. The van der Waals surface area contributed by atoms with E-state index >= 15 is 0 Å². The summed E-state index contributed by atoms with van der Waals surface area (Å²) in [5, 5.41) is 10.4. The Kier molecular flexibility index (Phi) is 7.38. The van der Waals surface area contributed by atoms with Crippen LogP contribution in [0.2, 0.25) is 0 Å². The summed E-state index contributed by atoms with van der Waals surface area (Å²) in [5.74, 6) is 0. The topological polar surface area (TPSA) is 98.5 Å². The SMILES string of the molecule is Cc1ccc(S(=O)(=O)N[C@@H](CCc2ccccc2)[C@H](O[N+](=O)[O-])c2ccccc2)cc1. The second-order valence-electron chi connectivity index (χ2n) is 7.23. The molecule has 3 aromatic rings. The minimum atomic E-state index is -3.92. The number of nitrogens with zero attached hydrogens (tertiary/aromatic N) is 1. The van der Waals surface area contributed by atoms with Crippen molar-refractivity contribution >= 4 is 10.0 Å². The van der Waals surface area contributed by atoms with Gasteiger partial charge in [-0.2, -0.15) is 0 Å². The largest absolute Gasteiger partial charge is 0.304 e. The number of aryl methyl sites for hydroxylation is 2. The second-order valence-corrected chi connectivity index (χ2v) is 8.94. The molecule has 7 nitrogen and oxygen atoms in total. The Bertz CT molecular complexity index is 1090. The summed E-state index contributed by atoms with van der Waals surface area (Å²) < 4.78 is 28.7. The van der Waals surface area contributed by atoms with Crippen LogP contribution in [-0.2, 0) is 21.3 Å². The van der Waals surface area contributed by atoms with Crippen LogP contribution in [0.15, 0.2) is 89.8 Å². The zero-order valence-electron chi connectivity index (χ0n) is 17.0. The van der Waals surface area contributed by atoms with Crippen molar-refractivity contribution in [3.63, 3.8) is 0 Å².